The second-order valence-corrected chi connectivity index (χ2v) is 3.77. The Kier molecular flexibility index (Phi) is 6.32. The van der Waals surface area contributed by atoms with Gasteiger partial charge in [-0.1, -0.05) is 25.1 Å². The summed E-state index contributed by atoms with van der Waals surface area (Å²) in [5, 5.41) is 0. The fourth-order valence-electron chi connectivity index (χ4n) is 1.16. The zero-order valence-corrected chi connectivity index (χ0v) is 11.1. The van der Waals surface area contributed by atoms with Gasteiger partial charge < -0.3 is 10.2 Å². The molecule has 3 N–H and O–H groups in total. The standard InChI is InChI=1S/C14H18FN3O/c1-3-4-9-14(17-10-11(2)18-16)19-13-8-6-5-7-12(13)15/h4-10,18H,3,16H2,1-2H3/b9-4+,11-10+,17-14+. The number of hydrogen-bond donors (Lipinski definition) is 2. The lowest BCUT2D eigenvalue weighted by molar-refractivity contribution is 0.493. The van der Waals surface area contributed by atoms with E-state index in [1.165, 1.54) is 12.3 Å². The van der Waals surface area contributed by atoms with Crippen molar-refractivity contribution in [1.29, 1.82) is 0 Å². The number of hydrazine groups is 1. The van der Waals surface area contributed by atoms with E-state index >= 15 is 0 Å². The Balaban J connectivity index is 2.93. The second-order valence-electron chi connectivity index (χ2n) is 3.77. The van der Waals surface area contributed by atoms with Gasteiger partial charge in [0.2, 0.25) is 5.90 Å². The summed E-state index contributed by atoms with van der Waals surface area (Å²) < 4.78 is 18.9. The molecule has 0 aliphatic rings. The summed E-state index contributed by atoms with van der Waals surface area (Å²) in [6, 6.07) is 6.17. The molecular weight excluding hydrogens is 245 g/mol. The lowest BCUT2D eigenvalue weighted by Crippen LogP contribution is -2.18. The van der Waals surface area contributed by atoms with Crippen molar-refractivity contribution >= 4 is 5.90 Å². The summed E-state index contributed by atoms with van der Waals surface area (Å²) >= 11 is 0. The van der Waals surface area contributed by atoms with Gasteiger partial charge in [0.1, 0.15) is 0 Å². The maximum absolute atomic E-state index is 13.5. The summed E-state index contributed by atoms with van der Waals surface area (Å²) in [7, 11) is 0. The predicted molar refractivity (Wildman–Crippen MR) is 75.0 cm³/mol. The highest BCUT2D eigenvalue weighted by molar-refractivity contribution is 5.89. The maximum Gasteiger partial charge on any atom is 0.219 e. The Hall–Kier alpha value is -2.14. The molecule has 0 fully saturated rings. The molecule has 0 aliphatic heterocycles. The van der Waals surface area contributed by atoms with Gasteiger partial charge in [-0.05, 0) is 31.6 Å². The quantitative estimate of drug-likeness (QED) is 0.371. The van der Waals surface area contributed by atoms with Gasteiger partial charge in [-0.2, -0.15) is 0 Å². The normalized spacial score (nSPS) is 12.8. The number of halogens is 1. The van der Waals surface area contributed by atoms with Crippen LogP contribution in [-0.4, -0.2) is 5.90 Å². The number of aliphatic imine (C=N–C) groups is 1. The molecule has 0 aliphatic carbocycles. The Labute approximate surface area is 112 Å². The molecule has 1 rings (SSSR count). The average molecular weight is 263 g/mol. The van der Waals surface area contributed by atoms with Crippen molar-refractivity contribution in [3.63, 3.8) is 0 Å². The zero-order chi connectivity index (χ0) is 14.1. The summed E-state index contributed by atoms with van der Waals surface area (Å²) in [4.78, 5) is 4.10. The van der Waals surface area contributed by atoms with Crippen LogP contribution in [0.2, 0.25) is 0 Å². The summed E-state index contributed by atoms with van der Waals surface area (Å²) in [5.74, 6) is 5.22. The molecule has 0 atom stereocenters. The number of hydrogen-bond acceptors (Lipinski definition) is 4. The summed E-state index contributed by atoms with van der Waals surface area (Å²) in [6.45, 7) is 3.74. The van der Waals surface area contributed by atoms with Gasteiger partial charge in [0.15, 0.2) is 11.6 Å². The van der Waals surface area contributed by atoms with E-state index in [9.17, 15) is 4.39 Å². The highest BCUT2D eigenvalue weighted by atomic mass is 19.1. The number of nitrogens with two attached hydrogens (primary N) is 1. The molecule has 0 spiro atoms. The van der Waals surface area contributed by atoms with E-state index in [-0.39, 0.29) is 5.75 Å². The minimum Gasteiger partial charge on any atom is -0.436 e. The van der Waals surface area contributed by atoms with Crippen LogP contribution >= 0.6 is 0 Å². The third-order valence-electron chi connectivity index (χ3n) is 2.16. The Morgan fingerprint density at radius 3 is 2.84 bits per heavy atom. The van der Waals surface area contributed by atoms with Gasteiger partial charge >= 0.3 is 0 Å². The number of ether oxygens (including phenoxy) is 1. The molecule has 0 aromatic heterocycles. The molecule has 19 heavy (non-hydrogen) atoms. The Morgan fingerprint density at radius 1 is 1.47 bits per heavy atom. The molecule has 0 amide bonds. The number of benzene rings is 1. The predicted octanol–water partition coefficient (Wildman–Crippen LogP) is 2.89. The van der Waals surface area contributed by atoms with Gasteiger partial charge in [0.05, 0.1) is 6.20 Å². The van der Waals surface area contributed by atoms with Gasteiger partial charge in [-0.3, -0.25) is 5.84 Å². The third kappa shape index (κ3) is 5.35. The van der Waals surface area contributed by atoms with Crippen LogP contribution in [-0.2, 0) is 0 Å². The monoisotopic (exact) mass is 263 g/mol. The van der Waals surface area contributed by atoms with E-state index in [0.29, 0.717) is 11.6 Å². The van der Waals surface area contributed by atoms with Gasteiger partial charge in [-0.15, -0.1) is 0 Å². The molecule has 0 unspecified atom stereocenters. The smallest absolute Gasteiger partial charge is 0.219 e. The van der Waals surface area contributed by atoms with Crippen LogP contribution < -0.4 is 16.0 Å². The molecular formula is C14H18FN3O. The lowest BCUT2D eigenvalue weighted by Gasteiger charge is -2.05. The van der Waals surface area contributed by atoms with Crippen LogP contribution in [0.5, 0.6) is 5.75 Å². The van der Waals surface area contributed by atoms with E-state index < -0.39 is 5.82 Å². The van der Waals surface area contributed by atoms with E-state index in [1.54, 1.807) is 31.2 Å². The number of allylic oxidation sites excluding steroid dienone is 2. The molecule has 1 aromatic rings. The van der Waals surface area contributed by atoms with Crippen LogP contribution in [0.4, 0.5) is 4.39 Å². The maximum atomic E-state index is 13.5. The molecule has 0 bridgehead atoms. The van der Waals surface area contributed by atoms with E-state index in [2.05, 4.69) is 10.4 Å². The van der Waals surface area contributed by atoms with Crippen LogP contribution in [0.25, 0.3) is 0 Å². The van der Waals surface area contributed by atoms with Crippen molar-refractivity contribution < 1.29 is 9.13 Å². The molecule has 0 saturated carbocycles. The van der Waals surface area contributed by atoms with E-state index in [1.807, 2.05) is 13.0 Å². The topological polar surface area (TPSA) is 59.6 Å². The first-order valence-corrected chi connectivity index (χ1v) is 5.97. The zero-order valence-electron chi connectivity index (χ0n) is 11.1. The number of nitrogens with one attached hydrogen (secondary N) is 1. The SMILES string of the molecule is CC/C=C/C(=N\C=C(/C)NN)Oc1ccccc1F. The van der Waals surface area contributed by atoms with Crippen molar-refractivity contribution in [3.8, 4) is 5.75 Å². The molecule has 4 nitrogen and oxygen atoms in total. The highest BCUT2D eigenvalue weighted by Gasteiger charge is 2.04. The average Bonchev–Trinajstić information content (AvgIpc) is 2.43. The third-order valence-corrected chi connectivity index (χ3v) is 2.16. The van der Waals surface area contributed by atoms with Crippen LogP contribution in [0.15, 0.2) is 53.3 Å². The molecule has 5 heteroatoms. The molecule has 0 radical (unpaired) electrons. The molecule has 102 valence electrons. The lowest BCUT2D eigenvalue weighted by atomic mass is 10.3. The minimum absolute atomic E-state index is 0.133. The number of para-hydroxylation sites is 1. The highest BCUT2D eigenvalue weighted by Crippen LogP contribution is 2.16. The van der Waals surface area contributed by atoms with Gasteiger partial charge in [0, 0.05) is 5.70 Å². The largest absolute Gasteiger partial charge is 0.436 e. The fraction of sp³-hybridized carbons (Fsp3) is 0.214. The van der Waals surface area contributed by atoms with Crippen molar-refractivity contribution in [1.82, 2.24) is 5.43 Å². The first kappa shape index (κ1) is 14.9. The number of rotatable bonds is 5. The molecule has 0 heterocycles. The first-order valence-electron chi connectivity index (χ1n) is 5.97. The summed E-state index contributed by atoms with van der Waals surface area (Å²) in [5.41, 5.74) is 3.12. The van der Waals surface area contributed by atoms with Gasteiger partial charge in [0.25, 0.3) is 0 Å². The van der Waals surface area contributed by atoms with Crippen LogP contribution in [0, 0.1) is 5.82 Å². The second kappa shape index (κ2) is 8.05. The van der Waals surface area contributed by atoms with Crippen LogP contribution in [0.1, 0.15) is 20.3 Å². The minimum atomic E-state index is -0.433. The van der Waals surface area contributed by atoms with Gasteiger partial charge in [-0.25, -0.2) is 9.38 Å². The molecule has 1 aromatic carbocycles. The molecule has 0 saturated heterocycles. The van der Waals surface area contributed by atoms with Crippen molar-refractivity contribution in [2.45, 2.75) is 20.3 Å². The summed E-state index contributed by atoms with van der Waals surface area (Å²) in [6.07, 6.45) is 5.90. The van der Waals surface area contributed by atoms with Crippen molar-refractivity contribution in [2.24, 2.45) is 10.8 Å². The number of nitrogens with zero attached hydrogens (tertiary/aromatic N) is 1. The Morgan fingerprint density at radius 2 is 2.21 bits per heavy atom. The van der Waals surface area contributed by atoms with E-state index in [0.717, 1.165) is 6.42 Å². The van der Waals surface area contributed by atoms with E-state index in [4.69, 9.17) is 10.6 Å². The first-order chi connectivity index (χ1) is 9.17. The van der Waals surface area contributed by atoms with Crippen molar-refractivity contribution in [2.75, 3.05) is 0 Å². The van der Waals surface area contributed by atoms with Crippen molar-refractivity contribution in [3.05, 3.63) is 54.1 Å². The Bertz CT molecular complexity index is 495. The fourth-order valence-corrected chi connectivity index (χ4v) is 1.16. The van der Waals surface area contributed by atoms with Crippen LogP contribution in [0.3, 0.4) is 0 Å².